The summed E-state index contributed by atoms with van der Waals surface area (Å²) in [5, 5.41) is 4.82. The summed E-state index contributed by atoms with van der Waals surface area (Å²) in [5.74, 6) is 0.425. The van der Waals surface area contributed by atoms with Gasteiger partial charge >= 0.3 is 0 Å². The van der Waals surface area contributed by atoms with E-state index in [1.165, 1.54) is 4.57 Å². The largest absolute Gasteiger partial charge is 0.373 e. The smallest absolute Gasteiger partial charge is 0.261 e. The Labute approximate surface area is 171 Å². The van der Waals surface area contributed by atoms with Gasteiger partial charge in [0.15, 0.2) is 0 Å². The first-order valence-corrected chi connectivity index (χ1v) is 10.2. The highest BCUT2D eigenvalue weighted by Gasteiger charge is 2.32. The summed E-state index contributed by atoms with van der Waals surface area (Å²) in [7, 11) is 0. The minimum atomic E-state index is -2.63. The minimum absolute atomic E-state index is 0.193. The highest BCUT2D eigenvalue weighted by Crippen LogP contribution is 2.33. The molecule has 1 saturated heterocycles. The number of rotatable bonds is 5. The van der Waals surface area contributed by atoms with Gasteiger partial charge in [-0.25, -0.2) is 13.8 Å². The minimum Gasteiger partial charge on any atom is -0.373 e. The Hall–Kier alpha value is -2.65. The Morgan fingerprint density at radius 1 is 1.23 bits per heavy atom. The van der Waals surface area contributed by atoms with Crippen molar-refractivity contribution in [2.24, 2.45) is 0 Å². The molecule has 3 aromatic rings. The fraction of sp³-hybridized carbons (Fsp3) is 0.476. The van der Waals surface area contributed by atoms with Gasteiger partial charge in [0.2, 0.25) is 0 Å². The monoisotopic (exact) mass is 415 g/mol. The van der Waals surface area contributed by atoms with Crippen LogP contribution in [0, 0.1) is 0 Å². The molecule has 0 bridgehead atoms. The third kappa shape index (κ3) is 3.41. The van der Waals surface area contributed by atoms with Gasteiger partial charge in [-0.1, -0.05) is 12.1 Å². The van der Waals surface area contributed by atoms with Crippen LogP contribution in [0.1, 0.15) is 36.0 Å². The van der Waals surface area contributed by atoms with E-state index < -0.39 is 18.5 Å². The summed E-state index contributed by atoms with van der Waals surface area (Å²) >= 11 is 0. The number of ether oxygens (including phenoxy) is 1. The Balaban J connectivity index is 1.53. The highest BCUT2D eigenvalue weighted by molar-refractivity contribution is 5.77. The Morgan fingerprint density at radius 3 is 2.97 bits per heavy atom. The predicted molar refractivity (Wildman–Crippen MR) is 106 cm³/mol. The quantitative estimate of drug-likeness (QED) is 0.641. The molecule has 0 amide bonds. The topological polar surface area (TPSA) is 65.2 Å². The van der Waals surface area contributed by atoms with E-state index in [4.69, 9.17) is 4.74 Å². The molecule has 0 N–H and O–H groups in total. The molecular weight excluding hydrogens is 392 g/mol. The number of aromatic nitrogens is 4. The number of hydrogen-bond acceptors (Lipinski definition) is 5. The van der Waals surface area contributed by atoms with E-state index in [-0.39, 0.29) is 6.04 Å². The molecule has 2 aliphatic heterocycles. The maximum atomic E-state index is 13.3. The van der Waals surface area contributed by atoms with Crippen molar-refractivity contribution in [3.8, 4) is 0 Å². The second kappa shape index (κ2) is 7.88. The third-order valence-electron chi connectivity index (χ3n) is 5.97. The summed E-state index contributed by atoms with van der Waals surface area (Å²) in [4.78, 5) is 19.9. The fourth-order valence-electron chi connectivity index (χ4n) is 4.54. The van der Waals surface area contributed by atoms with Gasteiger partial charge in [-0.3, -0.25) is 18.9 Å². The van der Waals surface area contributed by atoms with Crippen molar-refractivity contribution >= 4 is 10.9 Å². The van der Waals surface area contributed by atoms with Crippen LogP contribution >= 0.6 is 0 Å². The van der Waals surface area contributed by atoms with Gasteiger partial charge in [-0.2, -0.15) is 5.10 Å². The van der Waals surface area contributed by atoms with Gasteiger partial charge < -0.3 is 4.74 Å². The average molecular weight is 415 g/mol. The molecule has 1 aromatic carbocycles. The summed E-state index contributed by atoms with van der Waals surface area (Å²) in [5.41, 5.74) is 2.28. The van der Waals surface area contributed by atoms with Gasteiger partial charge in [0.1, 0.15) is 5.82 Å². The highest BCUT2D eigenvalue weighted by atomic mass is 19.3. The zero-order valence-electron chi connectivity index (χ0n) is 16.5. The van der Waals surface area contributed by atoms with E-state index in [2.05, 4.69) is 15.0 Å². The molecule has 2 aromatic heterocycles. The molecule has 2 aliphatic rings. The van der Waals surface area contributed by atoms with Crippen LogP contribution in [0.25, 0.3) is 10.9 Å². The lowest BCUT2D eigenvalue weighted by atomic mass is 10.1. The lowest BCUT2D eigenvalue weighted by Crippen LogP contribution is -2.33. The van der Waals surface area contributed by atoms with E-state index in [0.29, 0.717) is 36.5 Å². The van der Waals surface area contributed by atoms with E-state index in [1.807, 2.05) is 16.9 Å². The predicted octanol–water partition coefficient (Wildman–Crippen LogP) is 2.73. The van der Waals surface area contributed by atoms with Gasteiger partial charge in [-0.05, 0) is 31.5 Å². The van der Waals surface area contributed by atoms with E-state index >= 15 is 0 Å². The van der Waals surface area contributed by atoms with Crippen molar-refractivity contribution in [2.45, 2.75) is 51.6 Å². The van der Waals surface area contributed by atoms with E-state index in [1.54, 1.807) is 18.2 Å². The first-order valence-electron chi connectivity index (χ1n) is 10.2. The zero-order valence-corrected chi connectivity index (χ0v) is 16.5. The molecule has 5 rings (SSSR count). The number of alkyl halides is 2. The van der Waals surface area contributed by atoms with Crippen LogP contribution in [0.3, 0.4) is 0 Å². The van der Waals surface area contributed by atoms with Crippen LogP contribution in [0.4, 0.5) is 8.78 Å². The standard InChI is InChI=1S/C21H23F2N5O2/c22-19(23)12-27-20(25-16-5-2-1-4-15(16)21(27)29)17-6-3-7-26(17)11-14-10-24-28-8-9-30-13-18(14)28/h1-2,4-5,10,17,19H,3,6-9,11-13H2. The second-order valence-electron chi connectivity index (χ2n) is 7.81. The van der Waals surface area contributed by atoms with Gasteiger partial charge in [0.05, 0.1) is 55.1 Å². The molecule has 30 heavy (non-hydrogen) atoms. The first kappa shape index (κ1) is 19.3. The van der Waals surface area contributed by atoms with Crippen molar-refractivity contribution in [2.75, 3.05) is 13.2 Å². The lowest BCUT2D eigenvalue weighted by Gasteiger charge is -2.27. The molecule has 0 aliphatic carbocycles. The average Bonchev–Trinajstić information content (AvgIpc) is 3.37. The molecule has 4 heterocycles. The SMILES string of the molecule is O=c1c2ccccc2nc(C2CCCN2Cc2cnn3c2COCC3)n1CC(F)F. The van der Waals surface area contributed by atoms with E-state index in [0.717, 1.165) is 37.2 Å². The summed E-state index contributed by atoms with van der Waals surface area (Å²) in [6, 6.07) is 6.74. The number of benzene rings is 1. The molecule has 1 fully saturated rings. The van der Waals surface area contributed by atoms with Crippen molar-refractivity contribution in [3.63, 3.8) is 0 Å². The number of nitrogens with zero attached hydrogens (tertiary/aromatic N) is 5. The van der Waals surface area contributed by atoms with Crippen LogP contribution in [-0.2, 0) is 31.0 Å². The van der Waals surface area contributed by atoms with Gasteiger partial charge in [0, 0.05) is 12.1 Å². The summed E-state index contributed by atoms with van der Waals surface area (Å²) < 4.78 is 35.4. The normalized spacial score (nSPS) is 19.6. The second-order valence-corrected chi connectivity index (χ2v) is 7.81. The van der Waals surface area contributed by atoms with Crippen molar-refractivity contribution in [3.05, 3.63) is 57.9 Å². The molecule has 0 radical (unpaired) electrons. The molecule has 1 atom stereocenters. The summed E-state index contributed by atoms with van der Waals surface area (Å²) in [6.07, 6.45) is 0.925. The van der Waals surface area contributed by atoms with Crippen LogP contribution in [0.5, 0.6) is 0 Å². The zero-order chi connectivity index (χ0) is 20.7. The Kier molecular flexibility index (Phi) is 5.08. The van der Waals surface area contributed by atoms with Crippen LogP contribution in [0.2, 0.25) is 0 Å². The maximum Gasteiger partial charge on any atom is 0.261 e. The van der Waals surface area contributed by atoms with Crippen molar-refractivity contribution in [1.29, 1.82) is 0 Å². The van der Waals surface area contributed by atoms with Crippen molar-refractivity contribution < 1.29 is 13.5 Å². The number of likely N-dealkylation sites (tertiary alicyclic amines) is 1. The van der Waals surface area contributed by atoms with E-state index in [9.17, 15) is 13.6 Å². The molecule has 0 saturated carbocycles. The van der Waals surface area contributed by atoms with Gasteiger partial charge in [-0.15, -0.1) is 0 Å². The van der Waals surface area contributed by atoms with Crippen LogP contribution < -0.4 is 5.56 Å². The Bertz CT molecular complexity index is 1130. The van der Waals surface area contributed by atoms with Gasteiger partial charge in [0.25, 0.3) is 12.0 Å². The molecule has 158 valence electrons. The number of hydrogen-bond donors (Lipinski definition) is 0. The number of halogens is 2. The lowest BCUT2D eigenvalue weighted by molar-refractivity contribution is 0.0784. The molecule has 1 unspecified atom stereocenters. The number of fused-ring (bicyclic) bond motifs is 2. The molecule has 0 spiro atoms. The number of para-hydroxylation sites is 1. The van der Waals surface area contributed by atoms with Crippen molar-refractivity contribution in [1.82, 2.24) is 24.2 Å². The summed E-state index contributed by atoms with van der Waals surface area (Å²) in [6.45, 7) is 2.71. The maximum absolute atomic E-state index is 13.3. The first-order chi connectivity index (χ1) is 14.6. The Morgan fingerprint density at radius 2 is 2.10 bits per heavy atom. The molecular formula is C21H23F2N5O2. The molecule has 7 nitrogen and oxygen atoms in total. The molecule has 9 heteroatoms. The van der Waals surface area contributed by atoms with Crippen LogP contribution in [0.15, 0.2) is 35.3 Å². The fourth-order valence-corrected chi connectivity index (χ4v) is 4.54. The third-order valence-corrected chi connectivity index (χ3v) is 5.97. The van der Waals surface area contributed by atoms with Crippen LogP contribution in [-0.4, -0.2) is 43.8 Å².